The highest BCUT2D eigenvalue weighted by Crippen LogP contribution is 2.32. The summed E-state index contributed by atoms with van der Waals surface area (Å²) in [6.07, 6.45) is -1.60. The van der Waals surface area contributed by atoms with Gasteiger partial charge in [-0.2, -0.15) is 0 Å². The first-order chi connectivity index (χ1) is 6.07. The Hall–Kier alpha value is -0.420. The van der Waals surface area contributed by atoms with Crippen LogP contribution in [-0.2, 0) is 5.33 Å². The monoisotopic (exact) mass is 270 g/mol. The highest BCUT2D eigenvalue weighted by Gasteiger charge is 2.16. The van der Waals surface area contributed by atoms with Gasteiger partial charge in [0.05, 0.1) is 22.0 Å². The maximum Gasteiger partial charge on any atom is 0.267 e. The first-order valence-electron chi connectivity index (χ1n) is 3.34. The zero-order chi connectivity index (χ0) is 10.0. The topological polar surface area (TPSA) is 38.9 Å². The van der Waals surface area contributed by atoms with E-state index in [0.717, 1.165) is 6.20 Å². The quantitative estimate of drug-likeness (QED) is 0.839. The summed E-state index contributed by atoms with van der Waals surface area (Å²) in [4.78, 5) is 3.74. The molecule has 0 radical (unpaired) electrons. The zero-order valence-corrected chi connectivity index (χ0v) is 8.74. The minimum Gasteiger partial charge on any atom is -0.397 e. The highest BCUT2D eigenvalue weighted by molar-refractivity contribution is 9.08. The van der Waals surface area contributed by atoms with Gasteiger partial charge in [-0.1, -0.05) is 27.5 Å². The summed E-state index contributed by atoms with van der Waals surface area (Å²) >= 11 is 8.81. The molecule has 2 N–H and O–H groups in total. The lowest BCUT2D eigenvalue weighted by Gasteiger charge is -2.07. The zero-order valence-electron chi connectivity index (χ0n) is 6.40. The van der Waals surface area contributed by atoms with Gasteiger partial charge in [0.1, 0.15) is 0 Å². The molecule has 2 nitrogen and oxygen atoms in total. The lowest BCUT2D eigenvalue weighted by molar-refractivity contribution is 0.152. The molecule has 1 aromatic heterocycles. The van der Waals surface area contributed by atoms with Crippen molar-refractivity contribution in [1.82, 2.24) is 4.98 Å². The lowest BCUT2D eigenvalue weighted by Crippen LogP contribution is -2.00. The van der Waals surface area contributed by atoms with E-state index in [0.29, 0.717) is 11.0 Å². The Morgan fingerprint density at radius 3 is 2.69 bits per heavy atom. The number of nitrogen functional groups attached to an aromatic ring is 1. The molecule has 0 aliphatic heterocycles. The number of nitrogens with two attached hydrogens (primary N) is 1. The van der Waals surface area contributed by atoms with Crippen LogP contribution in [-0.4, -0.2) is 4.98 Å². The second-order valence-electron chi connectivity index (χ2n) is 2.32. The van der Waals surface area contributed by atoms with Crippen molar-refractivity contribution in [3.8, 4) is 0 Å². The fourth-order valence-electron chi connectivity index (χ4n) is 0.823. The summed E-state index contributed by atoms with van der Waals surface area (Å²) < 4.78 is 24.5. The Morgan fingerprint density at radius 2 is 2.23 bits per heavy atom. The van der Waals surface area contributed by atoms with Crippen LogP contribution in [0.2, 0.25) is 5.02 Å². The van der Waals surface area contributed by atoms with Crippen LogP contribution in [0.3, 0.4) is 0 Å². The van der Waals surface area contributed by atoms with E-state index in [1.54, 1.807) is 0 Å². The number of anilines is 1. The van der Waals surface area contributed by atoms with Crippen molar-refractivity contribution in [2.45, 2.75) is 11.8 Å². The number of nitrogens with zero attached hydrogens (tertiary/aromatic N) is 1. The van der Waals surface area contributed by atoms with Crippen molar-refractivity contribution >= 4 is 33.2 Å². The molecule has 1 rings (SSSR count). The SMILES string of the molecule is Nc1c(C(F)F)cnc(CBr)c1Cl. The molecule has 0 aliphatic carbocycles. The molecule has 6 heteroatoms. The van der Waals surface area contributed by atoms with Crippen LogP contribution in [0.15, 0.2) is 6.20 Å². The fraction of sp³-hybridized carbons (Fsp3) is 0.286. The second-order valence-corrected chi connectivity index (χ2v) is 3.26. The lowest BCUT2D eigenvalue weighted by atomic mass is 10.2. The van der Waals surface area contributed by atoms with E-state index >= 15 is 0 Å². The number of rotatable bonds is 2. The summed E-state index contributed by atoms with van der Waals surface area (Å²) in [6.45, 7) is 0. The standard InChI is InChI=1S/C7H6BrClF2N2/c8-1-4-5(9)6(12)3(2-13-4)7(10)11/h2,7H,1H2,(H2,12,13). The molecule has 0 atom stereocenters. The van der Waals surface area contributed by atoms with E-state index in [-0.39, 0.29) is 16.3 Å². The van der Waals surface area contributed by atoms with E-state index in [1.807, 2.05) is 0 Å². The molecular formula is C7H6BrClF2N2. The van der Waals surface area contributed by atoms with E-state index in [2.05, 4.69) is 20.9 Å². The van der Waals surface area contributed by atoms with Crippen molar-refractivity contribution in [3.63, 3.8) is 0 Å². The van der Waals surface area contributed by atoms with Crippen molar-refractivity contribution in [1.29, 1.82) is 0 Å². The van der Waals surface area contributed by atoms with Crippen LogP contribution in [0, 0.1) is 0 Å². The summed E-state index contributed by atoms with van der Waals surface area (Å²) in [5, 5.41) is 0.481. The molecule has 72 valence electrons. The van der Waals surface area contributed by atoms with Crippen LogP contribution in [0.1, 0.15) is 17.7 Å². The average molecular weight is 271 g/mol. The predicted molar refractivity (Wildman–Crippen MR) is 51.2 cm³/mol. The molecular weight excluding hydrogens is 265 g/mol. The van der Waals surface area contributed by atoms with Crippen molar-refractivity contribution < 1.29 is 8.78 Å². The maximum atomic E-state index is 12.3. The van der Waals surface area contributed by atoms with E-state index in [1.165, 1.54) is 0 Å². The number of pyridine rings is 1. The van der Waals surface area contributed by atoms with E-state index in [9.17, 15) is 8.78 Å². The Morgan fingerprint density at radius 1 is 1.62 bits per heavy atom. The van der Waals surface area contributed by atoms with Crippen LogP contribution in [0.5, 0.6) is 0 Å². The van der Waals surface area contributed by atoms with Gasteiger partial charge in [-0.25, -0.2) is 8.78 Å². The van der Waals surface area contributed by atoms with Gasteiger partial charge in [0.15, 0.2) is 0 Å². The van der Waals surface area contributed by atoms with Crippen LogP contribution in [0.4, 0.5) is 14.5 Å². The normalized spacial score (nSPS) is 10.8. The molecule has 0 saturated heterocycles. The van der Waals surface area contributed by atoms with Crippen molar-refractivity contribution in [3.05, 3.63) is 22.5 Å². The fourth-order valence-corrected chi connectivity index (χ4v) is 1.63. The highest BCUT2D eigenvalue weighted by atomic mass is 79.9. The first-order valence-corrected chi connectivity index (χ1v) is 4.84. The molecule has 0 spiro atoms. The minimum absolute atomic E-state index is 0.0923. The largest absolute Gasteiger partial charge is 0.397 e. The summed E-state index contributed by atoms with van der Waals surface area (Å²) in [5.74, 6) is 0. The molecule has 0 saturated carbocycles. The van der Waals surface area contributed by atoms with Gasteiger partial charge in [-0.15, -0.1) is 0 Å². The van der Waals surface area contributed by atoms with Crippen LogP contribution < -0.4 is 5.73 Å². The Bertz CT molecular complexity index is 320. The van der Waals surface area contributed by atoms with Gasteiger partial charge in [-0.05, 0) is 0 Å². The molecule has 0 fully saturated rings. The van der Waals surface area contributed by atoms with Gasteiger partial charge >= 0.3 is 0 Å². The third kappa shape index (κ3) is 2.08. The number of alkyl halides is 3. The van der Waals surface area contributed by atoms with Gasteiger partial charge in [-0.3, -0.25) is 4.98 Å². The number of halogens is 4. The summed E-state index contributed by atoms with van der Waals surface area (Å²) in [5.41, 5.74) is 5.43. The van der Waals surface area contributed by atoms with Gasteiger partial charge in [0.2, 0.25) is 0 Å². The molecule has 1 aromatic rings. The molecule has 0 amide bonds. The first kappa shape index (κ1) is 10.7. The Balaban J connectivity index is 3.23. The third-order valence-electron chi connectivity index (χ3n) is 1.52. The van der Waals surface area contributed by atoms with E-state index < -0.39 is 6.43 Å². The third-order valence-corrected chi connectivity index (χ3v) is 2.47. The van der Waals surface area contributed by atoms with Gasteiger partial charge in [0, 0.05) is 11.5 Å². The Kier molecular flexibility index (Phi) is 3.44. The average Bonchev–Trinajstić information content (AvgIpc) is 2.09. The molecule has 0 aliphatic rings. The molecule has 0 bridgehead atoms. The number of hydrogen-bond donors (Lipinski definition) is 1. The van der Waals surface area contributed by atoms with Gasteiger partial charge in [0.25, 0.3) is 6.43 Å². The van der Waals surface area contributed by atoms with Crippen molar-refractivity contribution in [2.75, 3.05) is 5.73 Å². The van der Waals surface area contributed by atoms with E-state index in [4.69, 9.17) is 17.3 Å². The molecule has 0 aromatic carbocycles. The Labute approximate surface area is 87.2 Å². The molecule has 1 heterocycles. The minimum atomic E-state index is -2.64. The molecule has 13 heavy (non-hydrogen) atoms. The smallest absolute Gasteiger partial charge is 0.267 e. The van der Waals surface area contributed by atoms with Crippen LogP contribution >= 0.6 is 27.5 Å². The predicted octanol–water partition coefficient (Wildman–Crippen LogP) is 3.15. The second kappa shape index (κ2) is 4.19. The number of aromatic nitrogens is 1. The maximum absolute atomic E-state index is 12.3. The van der Waals surface area contributed by atoms with Crippen LogP contribution in [0.25, 0.3) is 0 Å². The summed E-state index contributed by atoms with van der Waals surface area (Å²) in [6, 6.07) is 0. The van der Waals surface area contributed by atoms with Gasteiger partial charge < -0.3 is 5.73 Å². The molecule has 0 unspecified atom stereocenters. The van der Waals surface area contributed by atoms with Crippen molar-refractivity contribution in [2.24, 2.45) is 0 Å². The number of hydrogen-bond acceptors (Lipinski definition) is 2. The summed E-state index contributed by atoms with van der Waals surface area (Å²) in [7, 11) is 0.